The maximum atomic E-state index is 13.2. The molecule has 29 heavy (non-hydrogen) atoms. The summed E-state index contributed by atoms with van der Waals surface area (Å²) in [6.07, 6.45) is 1.69. The maximum absolute atomic E-state index is 13.2. The van der Waals surface area contributed by atoms with Gasteiger partial charge in [-0.2, -0.15) is 0 Å². The van der Waals surface area contributed by atoms with Crippen molar-refractivity contribution < 1.29 is 9.59 Å². The number of nitrogens with one attached hydrogen (secondary N) is 1. The Kier molecular flexibility index (Phi) is 5.32. The summed E-state index contributed by atoms with van der Waals surface area (Å²) in [4.78, 5) is 31.5. The third-order valence-corrected chi connectivity index (χ3v) is 5.59. The van der Waals surface area contributed by atoms with E-state index >= 15 is 0 Å². The summed E-state index contributed by atoms with van der Waals surface area (Å²) >= 11 is 3.43. The van der Waals surface area contributed by atoms with Crippen LogP contribution in [0.4, 0.5) is 5.69 Å². The first-order valence-corrected chi connectivity index (χ1v) is 10.0. The first kappa shape index (κ1) is 19.2. The van der Waals surface area contributed by atoms with Crippen LogP contribution < -0.4 is 5.32 Å². The standard InChI is InChI=1S/C23H18BrN3O2/c1-2-5-20(28)27-14-18(15-9-11-17(24)12-10-15)22(27)23(29)26-19-8-3-6-16-7-4-13-25-21(16)19/h3-4,6-13,18,22H,14H2,1H3,(H,26,29)/t18-,22-/m1/s1. The van der Waals surface area contributed by atoms with Crippen LogP contribution in [-0.4, -0.2) is 34.3 Å². The van der Waals surface area contributed by atoms with E-state index in [1.165, 1.54) is 4.90 Å². The fraction of sp³-hybridized carbons (Fsp3) is 0.174. The molecule has 5 nitrogen and oxygen atoms in total. The maximum Gasteiger partial charge on any atom is 0.299 e. The van der Waals surface area contributed by atoms with Crippen LogP contribution in [0.25, 0.3) is 10.9 Å². The van der Waals surface area contributed by atoms with Crippen molar-refractivity contribution in [2.75, 3.05) is 11.9 Å². The number of para-hydroxylation sites is 1. The second-order valence-corrected chi connectivity index (χ2v) is 7.72. The van der Waals surface area contributed by atoms with Crippen molar-refractivity contribution in [3.8, 4) is 11.8 Å². The Morgan fingerprint density at radius 1 is 1.14 bits per heavy atom. The summed E-state index contributed by atoms with van der Waals surface area (Å²) < 4.78 is 0.966. The van der Waals surface area contributed by atoms with Gasteiger partial charge in [0, 0.05) is 28.5 Å². The molecule has 1 aromatic heterocycles. The molecular formula is C23H18BrN3O2. The number of fused-ring (bicyclic) bond motifs is 1. The molecule has 1 fully saturated rings. The molecule has 1 N–H and O–H groups in total. The summed E-state index contributed by atoms with van der Waals surface area (Å²) in [5, 5.41) is 3.91. The van der Waals surface area contributed by atoms with Crippen LogP contribution in [0, 0.1) is 11.8 Å². The Hall–Kier alpha value is -3.17. The number of aromatic nitrogens is 1. The molecule has 2 amide bonds. The van der Waals surface area contributed by atoms with Crippen LogP contribution in [0.1, 0.15) is 18.4 Å². The molecular weight excluding hydrogens is 430 g/mol. The van der Waals surface area contributed by atoms with Gasteiger partial charge >= 0.3 is 0 Å². The van der Waals surface area contributed by atoms with Crippen LogP contribution >= 0.6 is 15.9 Å². The van der Waals surface area contributed by atoms with Crippen molar-refractivity contribution in [2.45, 2.75) is 18.9 Å². The van der Waals surface area contributed by atoms with E-state index in [-0.39, 0.29) is 17.7 Å². The fourth-order valence-corrected chi connectivity index (χ4v) is 3.89. The van der Waals surface area contributed by atoms with Crippen molar-refractivity contribution >= 4 is 44.3 Å². The number of benzene rings is 2. The summed E-state index contributed by atoms with van der Waals surface area (Å²) in [5.41, 5.74) is 2.36. The van der Waals surface area contributed by atoms with Gasteiger partial charge in [-0.1, -0.05) is 52.2 Å². The number of rotatable bonds is 3. The molecule has 0 spiro atoms. The highest BCUT2D eigenvalue weighted by Gasteiger charge is 2.47. The zero-order valence-electron chi connectivity index (χ0n) is 15.7. The lowest BCUT2D eigenvalue weighted by atomic mass is 9.81. The van der Waals surface area contributed by atoms with Gasteiger partial charge in [0.25, 0.3) is 5.91 Å². The molecule has 4 rings (SSSR count). The van der Waals surface area contributed by atoms with Crippen molar-refractivity contribution in [1.82, 2.24) is 9.88 Å². The number of likely N-dealkylation sites (tertiary alicyclic amines) is 1. The van der Waals surface area contributed by atoms with Crippen LogP contribution in [0.2, 0.25) is 0 Å². The number of hydrogen-bond donors (Lipinski definition) is 1. The molecule has 0 unspecified atom stereocenters. The predicted molar refractivity (Wildman–Crippen MR) is 116 cm³/mol. The number of pyridine rings is 1. The first-order chi connectivity index (χ1) is 14.1. The van der Waals surface area contributed by atoms with Gasteiger partial charge in [0.15, 0.2) is 0 Å². The SMILES string of the molecule is CC#CC(=O)N1C[C@H](c2ccc(Br)cc2)[C@@H]1C(=O)Nc1cccc2cccnc12. The van der Waals surface area contributed by atoms with Crippen molar-refractivity contribution in [1.29, 1.82) is 0 Å². The largest absolute Gasteiger partial charge is 0.322 e. The first-order valence-electron chi connectivity index (χ1n) is 9.22. The molecule has 6 heteroatoms. The summed E-state index contributed by atoms with van der Waals surface area (Å²) in [5.74, 6) is 4.50. The third kappa shape index (κ3) is 3.74. The third-order valence-electron chi connectivity index (χ3n) is 5.06. The summed E-state index contributed by atoms with van der Waals surface area (Å²) in [6, 6.07) is 16.6. The average Bonchev–Trinajstić information content (AvgIpc) is 2.69. The monoisotopic (exact) mass is 447 g/mol. The quantitative estimate of drug-likeness (QED) is 0.618. The fourth-order valence-electron chi connectivity index (χ4n) is 3.63. The van der Waals surface area contributed by atoms with Crippen molar-refractivity contribution in [2.24, 2.45) is 0 Å². The van der Waals surface area contributed by atoms with Gasteiger partial charge in [0.2, 0.25) is 5.91 Å². The van der Waals surface area contributed by atoms with E-state index < -0.39 is 6.04 Å². The van der Waals surface area contributed by atoms with Gasteiger partial charge in [0.05, 0.1) is 11.2 Å². The van der Waals surface area contributed by atoms with Gasteiger partial charge in [-0.3, -0.25) is 14.6 Å². The average molecular weight is 448 g/mol. The Morgan fingerprint density at radius 2 is 1.90 bits per heavy atom. The number of anilines is 1. The van der Waals surface area contributed by atoms with Crippen LogP contribution in [0.5, 0.6) is 0 Å². The highest BCUT2D eigenvalue weighted by atomic mass is 79.9. The molecule has 3 aromatic rings. The van der Waals surface area contributed by atoms with Crippen LogP contribution in [0.15, 0.2) is 65.3 Å². The number of carbonyl (C=O) groups is 2. The molecule has 2 heterocycles. The van der Waals surface area contributed by atoms with E-state index in [0.717, 1.165) is 15.4 Å². The minimum atomic E-state index is -0.622. The highest BCUT2D eigenvalue weighted by Crippen LogP contribution is 2.36. The molecule has 0 bridgehead atoms. The summed E-state index contributed by atoms with van der Waals surface area (Å²) in [6.45, 7) is 2.07. The molecule has 0 radical (unpaired) electrons. The van der Waals surface area contributed by atoms with Crippen LogP contribution in [0.3, 0.4) is 0 Å². The highest BCUT2D eigenvalue weighted by molar-refractivity contribution is 9.10. The lowest BCUT2D eigenvalue weighted by Crippen LogP contribution is -2.61. The van der Waals surface area contributed by atoms with E-state index in [1.807, 2.05) is 54.6 Å². The second-order valence-electron chi connectivity index (χ2n) is 6.81. The second kappa shape index (κ2) is 8.06. The molecule has 2 atom stereocenters. The van der Waals surface area contributed by atoms with E-state index in [1.54, 1.807) is 13.1 Å². The minimum Gasteiger partial charge on any atom is -0.322 e. The molecule has 1 aliphatic rings. The van der Waals surface area contributed by atoms with Gasteiger partial charge < -0.3 is 10.2 Å². The predicted octanol–water partition coefficient (Wildman–Crippen LogP) is 3.95. The number of nitrogens with zero attached hydrogens (tertiary/aromatic N) is 2. The van der Waals surface area contributed by atoms with Gasteiger partial charge in [-0.25, -0.2) is 0 Å². The lowest BCUT2D eigenvalue weighted by Gasteiger charge is -2.46. The van der Waals surface area contributed by atoms with Crippen molar-refractivity contribution in [3.05, 3.63) is 70.8 Å². The van der Waals surface area contributed by atoms with Crippen molar-refractivity contribution in [3.63, 3.8) is 0 Å². The summed E-state index contributed by atoms with van der Waals surface area (Å²) in [7, 11) is 0. The minimum absolute atomic E-state index is 0.0892. The Balaban J connectivity index is 1.64. The van der Waals surface area contributed by atoms with Gasteiger partial charge in [-0.05, 0) is 42.7 Å². The zero-order valence-corrected chi connectivity index (χ0v) is 17.3. The number of carbonyl (C=O) groups excluding carboxylic acids is 2. The topological polar surface area (TPSA) is 62.3 Å². The molecule has 0 saturated carbocycles. The Morgan fingerprint density at radius 3 is 2.66 bits per heavy atom. The van der Waals surface area contributed by atoms with E-state index in [9.17, 15) is 9.59 Å². The number of hydrogen-bond acceptors (Lipinski definition) is 3. The van der Waals surface area contributed by atoms with E-state index in [0.29, 0.717) is 17.7 Å². The van der Waals surface area contributed by atoms with Gasteiger partial charge in [0.1, 0.15) is 6.04 Å². The molecule has 144 valence electrons. The molecule has 2 aromatic carbocycles. The Bertz CT molecular complexity index is 1140. The molecule has 1 aliphatic heterocycles. The van der Waals surface area contributed by atoms with E-state index in [4.69, 9.17) is 0 Å². The smallest absolute Gasteiger partial charge is 0.299 e. The molecule has 1 saturated heterocycles. The lowest BCUT2D eigenvalue weighted by molar-refractivity contribution is -0.142. The number of amides is 2. The number of halogens is 1. The Labute approximate surface area is 177 Å². The van der Waals surface area contributed by atoms with E-state index in [2.05, 4.69) is 38.1 Å². The molecule has 0 aliphatic carbocycles. The normalized spacial score (nSPS) is 17.8. The zero-order chi connectivity index (χ0) is 20.4. The van der Waals surface area contributed by atoms with Crippen LogP contribution in [-0.2, 0) is 9.59 Å². The van der Waals surface area contributed by atoms with Gasteiger partial charge in [-0.15, -0.1) is 0 Å².